The summed E-state index contributed by atoms with van der Waals surface area (Å²) in [5, 5.41) is 5.33. The van der Waals surface area contributed by atoms with Crippen LogP contribution in [0.2, 0.25) is 0 Å². The van der Waals surface area contributed by atoms with Crippen molar-refractivity contribution in [2.45, 2.75) is 64.3 Å². The van der Waals surface area contributed by atoms with Crippen LogP contribution in [-0.4, -0.2) is 35.0 Å². The Bertz CT molecular complexity index is 1180. The third-order valence-corrected chi connectivity index (χ3v) is 8.04. The molecule has 3 heterocycles. The number of hydrogen-bond acceptors (Lipinski definition) is 5. The van der Waals surface area contributed by atoms with Crippen LogP contribution >= 0.6 is 11.3 Å². The Morgan fingerprint density at radius 2 is 1.85 bits per heavy atom. The molecular weight excluding hydrogens is 432 g/mol. The molecule has 3 aromatic rings. The smallest absolute Gasteiger partial charge is 0.270 e. The zero-order valence-electron chi connectivity index (χ0n) is 19.2. The Labute approximate surface area is 198 Å². The highest BCUT2D eigenvalue weighted by atomic mass is 32.1. The van der Waals surface area contributed by atoms with E-state index < -0.39 is 0 Å². The van der Waals surface area contributed by atoms with E-state index in [9.17, 15) is 9.59 Å². The molecule has 7 heteroatoms. The first-order valence-corrected chi connectivity index (χ1v) is 13.1. The molecule has 0 spiro atoms. The van der Waals surface area contributed by atoms with Crippen molar-refractivity contribution in [3.63, 3.8) is 0 Å². The lowest BCUT2D eigenvalue weighted by molar-refractivity contribution is -0.126. The molecule has 0 bridgehead atoms. The second kappa shape index (κ2) is 9.67. The Kier molecular flexibility index (Phi) is 6.49. The number of anilines is 1. The molecule has 2 N–H and O–H groups in total. The first kappa shape index (κ1) is 22.1. The Morgan fingerprint density at radius 3 is 2.61 bits per heavy atom. The van der Waals surface area contributed by atoms with Gasteiger partial charge in [0.1, 0.15) is 4.70 Å². The number of aromatic nitrogens is 2. The number of carbonyl (C=O) groups excluding carboxylic acids is 1. The van der Waals surface area contributed by atoms with Crippen molar-refractivity contribution in [2.24, 2.45) is 5.92 Å². The predicted octanol–water partition coefficient (Wildman–Crippen LogP) is 5.02. The number of fused-ring (bicyclic) bond motifs is 1. The fourth-order valence-electron chi connectivity index (χ4n) is 5.13. The van der Waals surface area contributed by atoms with E-state index in [-0.39, 0.29) is 17.4 Å². The average Bonchev–Trinajstić information content (AvgIpc) is 3.09. The highest BCUT2D eigenvalue weighted by Crippen LogP contribution is 2.32. The number of aromatic amines is 1. The maximum Gasteiger partial charge on any atom is 0.270 e. The lowest BCUT2D eigenvalue weighted by atomic mass is 9.96. The van der Waals surface area contributed by atoms with Crippen LogP contribution < -0.4 is 15.8 Å². The van der Waals surface area contributed by atoms with Crippen molar-refractivity contribution < 1.29 is 4.79 Å². The van der Waals surface area contributed by atoms with E-state index in [2.05, 4.69) is 46.4 Å². The second-order valence-electron chi connectivity index (χ2n) is 9.56. The van der Waals surface area contributed by atoms with Crippen molar-refractivity contribution in [3.05, 3.63) is 45.6 Å². The van der Waals surface area contributed by atoms with E-state index in [0.29, 0.717) is 23.2 Å². The molecule has 0 radical (unpaired) electrons. The number of benzene rings is 1. The minimum atomic E-state index is -0.108. The van der Waals surface area contributed by atoms with Gasteiger partial charge in [0, 0.05) is 30.1 Å². The quantitative estimate of drug-likeness (QED) is 0.532. The zero-order chi connectivity index (χ0) is 22.8. The van der Waals surface area contributed by atoms with E-state index in [4.69, 9.17) is 4.98 Å². The molecule has 1 saturated heterocycles. The summed E-state index contributed by atoms with van der Waals surface area (Å²) in [6.45, 7) is 3.46. The highest BCUT2D eigenvalue weighted by Gasteiger charge is 2.29. The summed E-state index contributed by atoms with van der Waals surface area (Å²) < 4.78 is 0.647. The number of aryl methyl sites for hydroxylation is 1. The molecule has 2 aliphatic rings. The largest absolute Gasteiger partial charge is 0.353 e. The van der Waals surface area contributed by atoms with Crippen LogP contribution in [0, 0.1) is 12.8 Å². The molecule has 1 aliphatic heterocycles. The third kappa shape index (κ3) is 4.83. The molecule has 1 amide bonds. The average molecular weight is 465 g/mol. The van der Waals surface area contributed by atoms with Gasteiger partial charge in [0.05, 0.1) is 11.4 Å². The van der Waals surface area contributed by atoms with Gasteiger partial charge in [0.2, 0.25) is 11.9 Å². The molecule has 0 unspecified atom stereocenters. The topological polar surface area (TPSA) is 78.1 Å². The van der Waals surface area contributed by atoms with Crippen molar-refractivity contribution >= 4 is 33.4 Å². The van der Waals surface area contributed by atoms with Gasteiger partial charge in [-0.15, -0.1) is 11.3 Å². The fourth-order valence-corrected chi connectivity index (χ4v) is 6.04. The number of amides is 1. The van der Waals surface area contributed by atoms with Crippen LogP contribution in [0.5, 0.6) is 0 Å². The number of hydrogen-bond donors (Lipinski definition) is 2. The number of thiophene rings is 1. The maximum atomic E-state index is 13.0. The number of rotatable bonds is 4. The van der Waals surface area contributed by atoms with Gasteiger partial charge in [-0.05, 0) is 38.2 Å². The van der Waals surface area contributed by atoms with Gasteiger partial charge in [-0.2, -0.15) is 0 Å². The van der Waals surface area contributed by atoms with Crippen molar-refractivity contribution in [3.8, 4) is 11.1 Å². The molecule has 174 valence electrons. The number of H-pyrrole nitrogens is 1. The molecule has 2 aromatic heterocycles. The Hall–Kier alpha value is -2.67. The first-order valence-electron chi connectivity index (χ1n) is 12.2. The molecule has 1 aromatic carbocycles. The van der Waals surface area contributed by atoms with Gasteiger partial charge in [-0.3, -0.25) is 14.6 Å². The first-order chi connectivity index (χ1) is 16.1. The van der Waals surface area contributed by atoms with E-state index in [1.54, 1.807) is 0 Å². The van der Waals surface area contributed by atoms with Crippen molar-refractivity contribution in [1.29, 1.82) is 0 Å². The molecule has 2 fully saturated rings. The van der Waals surface area contributed by atoms with Gasteiger partial charge in [0.25, 0.3) is 5.56 Å². The summed E-state index contributed by atoms with van der Waals surface area (Å²) in [5.41, 5.74) is 3.89. The molecule has 1 saturated carbocycles. The predicted molar refractivity (Wildman–Crippen MR) is 135 cm³/mol. The number of piperidine rings is 1. The fraction of sp³-hybridized carbons (Fsp3) is 0.500. The third-order valence-electron chi connectivity index (χ3n) is 7.07. The zero-order valence-corrected chi connectivity index (χ0v) is 20.0. The normalized spacial score (nSPS) is 20.0. The standard InChI is InChI=1S/C26H32N4O2S/c1-17-10-12-18(13-11-17)21-16-33-23-22(21)28-26(29-25(23)32)30-14-6-7-19(15-30)24(31)27-20-8-4-2-3-5-9-20/h10-13,16,19-20H,2-9,14-15H2,1H3,(H,27,31)(H,28,29,32)/t19-/m1/s1. The second-order valence-corrected chi connectivity index (χ2v) is 10.4. The SMILES string of the molecule is Cc1ccc(-c2csc3c(=O)[nH]c(N4CCC[C@@H](C(=O)NC5CCCCCC5)C4)nc23)cc1. The monoisotopic (exact) mass is 464 g/mol. The van der Waals surface area contributed by atoms with E-state index in [0.717, 1.165) is 48.9 Å². The summed E-state index contributed by atoms with van der Waals surface area (Å²) in [6.07, 6.45) is 8.94. The Balaban J connectivity index is 1.37. The molecule has 1 aliphatic carbocycles. The van der Waals surface area contributed by atoms with E-state index >= 15 is 0 Å². The summed E-state index contributed by atoms with van der Waals surface area (Å²) in [6, 6.07) is 8.62. The lowest BCUT2D eigenvalue weighted by Gasteiger charge is -2.33. The summed E-state index contributed by atoms with van der Waals surface area (Å²) in [5.74, 6) is 0.666. The molecule has 6 nitrogen and oxygen atoms in total. The summed E-state index contributed by atoms with van der Waals surface area (Å²) in [7, 11) is 0. The lowest BCUT2D eigenvalue weighted by Crippen LogP contribution is -2.46. The van der Waals surface area contributed by atoms with Crippen LogP contribution in [0.1, 0.15) is 56.9 Å². The molecule has 1 atom stereocenters. The number of nitrogens with one attached hydrogen (secondary N) is 2. The summed E-state index contributed by atoms with van der Waals surface area (Å²) in [4.78, 5) is 35.8. The number of nitrogens with zero attached hydrogens (tertiary/aromatic N) is 2. The molecule has 5 rings (SSSR count). The van der Waals surface area contributed by atoms with Crippen molar-refractivity contribution in [2.75, 3.05) is 18.0 Å². The van der Waals surface area contributed by atoms with Crippen LogP contribution in [0.15, 0.2) is 34.4 Å². The number of carbonyl (C=O) groups is 1. The Morgan fingerprint density at radius 1 is 1.09 bits per heavy atom. The van der Waals surface area contributed by atoms with E-state index in [1.165, 1.54) is 42.6 Å². The van der Waals surface area contributed by atoms with Crippen molar-refractivity contribution in [1.82, 2.24) is 15.3 Å². The molecule has 33 heavy (non-hydrogen) atoms. The maximum absolute atomic E-state index is 13.0. The van der Waals surface area contributed by atoms with Crippen LogP contribution in [-0.2, 0) is 4.79 Å². The van der Waals surface area contributed by atoms with E-state index in [1.807, 2.05) is 5.38 Å². The minimum absolute atomic E-state index is 0.0676. The van der Waals surface area contributed by atoms with Crippen LogP contribution in [0.4, 0.5) is 5.95 Å². The van der Waals surface area contributed by atoms with Crippen LogP contribution in [0.3, 0.4) is 0 Å². The molecular formula is C26H32N4O2S. The van der Waals surface area contributed by atoms with Crippen LogP contribution in [0.25, 0.3) is 21.3 Å². The van der Waals surface area contributed by atoms with Gasteiger partial charge in [0.15, 0.2) is 0 Å². The van der Waals surface area contributed by atoms with Gasteiger partial charge < -0.3 is 10.2 Å². The minimum Gasteiger partial charge on any atom is -0.353 e. The van der Waals surface area contributed by atoms with Gasteiger partial charge in [-0.1, -0.05) is 55.5 Å². The van der Waals surface area contributed by atoms with Gasteiger partial charge in [-0.25, -0.2) is 4.98 Å². The van der Waals surface area contributed by atoms with Gasteiger partial charge >= 0.3 is 0 Å². The highest BCUT2D eigenvalue weighted by molar-refractivity contribution is 7.17. The summed E-state index contributed by atoms with van der Waals surface area (Å²) >= 11 is 1.43.